The van der Waals surface area contributed by atoms with Crippen LogP contribution in [-0.4, -0.2) is 89.2 Å². The number of carboxylic acids is 1. The van der Waals surface area contributed by atoms with Crippen LogP contribution in [0.5, 0.6) is 0 Å². The summed E-state index contributed by atoms with van der Waals surface area (Å²) in [7, 11) is 0. The van der Waals surface area contributed by atoms with E-state index in [1.807, 2.05) is 0 Å². The number of unbranched alkanes of at least 4 members (excludes halogenated alkanes) is 39. The lowest BCUT2D eigenvalue weighted by atomic mass is 9.98. The van der Waals surface area contributed by atoms with Crippen LogP contribution in [0.2, 0.25) is 0 Å². The second-order valence-electron chi connectivity index (χ2n) is 22.1. The van der Waals surface area contributed by atoms with Crippen molar-refractivity contribution in [3.05, 3.63) is 12.2 Å². The highest BCUT2D eigenvalue weighted by Crippen LogP contribution is 2.27. The van der Waals surface area contributed by atoms with Crippen molar-refractivity contribution in [3.8, 4) is 0 Å². The molecule has 12 heteroatoms. The average Bonchev–Trinajstić information content (AvgIpc) is 3.39. The summed E-state index contributed by atoms with van der Waals surface area (Å²) in [4.78, 5) is 51.2. The molecule has 0 aliphatic carbocycles. The second kappa shape index (κ2) is 52.2. The van der Waals surface area contributed by atoms with Crippen molar-refractivity contribution in [2.75, 3.05) is 13.2 Å². The number of allylic oxidation sites excluding steroid dienone is 2. The third-order valence-corrected chi connectivity index (χ3v) is 14.8. The first-order valence-corrected chi connectivity index (χ1v) is 31.7. The summed E-state index contributed by atoms with van der Waals surface area (Å²) in [5.74, 6) is -3.09. The number of carboxylic acid groups (broad SMARTS) is 1. The summed E-state index contributed by atoms with van der Waals surface area (Å²) in [6, 6.07) is 0. The van der Waals surface area contributed by atoms with E-state index in [9.17, 15) is 34.5 Å². The number of aliphatic hydroxyl groups excluding tert-OH is 2. The van der Waals surface area contributed by atoms with Gasteiger partial charge in [-0.05, 0) is 44.9 Å². The fraction of sp³-hybridized carbons (Fsp3) is 0.905. The van der Waals surface area contributed by atoms with E-state index in [0.717, 1.165) is 77.0 Å². The van der Waals surface area contributed by atoms with Gasteiger partial charge in [0.25, 0.3) is 0 Å². The number of rotatable bonds is 55. The monoisotopic (exact) mass is 1060 g/mol. The molecule has 0 bridgehead atoms. The quantitative estimate of drug-likeness (QED) is 0.0228. The third-order valence-electron chi connectivity index (χ3n) is 14.8. The molecular formula is C63H116O12. The van der Waals surface area contributed by atoms with Gasteiger partial charge in [0.15, 0.2) is 24.6 Å². The molecule has 1 rings (SSSR count). The van der Waals surface area contributed by atoms with Gasteiger partial charge < -0.3 is 39.0 Å². The van der Waals surface area contributed by atoms with Crippen LogP contribution in [0.15, 0.2) is 12.2 Å². The van der Waals surface area contributed by atoms with E-state index in [4.69, 9.17) is 23.7 Å². The Labute approximate surface area is 458 Å². The zero-order chi connectivity index (χ0) is 54.7. The van der Waals surface area contributed by atoms with E-state index in [1.165, 1.54) is 180 Å². The molecule has 3 N–H and O–H groups in total. The van der Waals surface area contributed by atoms with Gasteiger partial charge in [0, 0.05) is 19.3 Å². The Morgan fingerprint density at radius 2 is 0.760 bits per heavy atom. The Morgan fingerprint density at radius 3 is 1.15 bits per heavy atom. The maximum Gasteiger partial charge on any atom is 0.335 e. The maximum absolute atomic E-state index is 13.1. The Balaban J connectivity index is 2.64. The summed E-state index contributed by atoms with van der Waals surface area (Å²) in [6.07, 6.45) is 46.0. The molecule has 0 radical (unpaired) electrons. The van der Waals surface area contributed by atoms with Crippen LogP contribution in [0.4, 0.5) is 0 Å². The molecule has 1 heterocycles. The van der Waals surface area contributed by atoms with Gasteiger partial charge in [0.05, 0.1) is 6.61 Å². The standard InChI is InChI=1S/C63H116O12/c1-4-7-10-13-16-19-22-25-27-28-30-33-36-39-42-45-48-51-57(66)74-61-59(68)58(67)60(62(69)70)75-63(61)72-53-54(73-56(65)50-47-44-41-38-35-31-24-21-18-15-12-9-6-3)52-71-55(64)49-46-43-40-37-34-32-29-26-23-20-17-14-11-8-5-2/h21,24,54,58-61,63,67-68H,4-20,22-23,25-53H2,1-3H3,(H,69,70)/b24-21-. The number of ether oxygens (including phenoxy) is 5. The lowest BCUT2D eigenvalue weighted by molar-refractivity contribution is -0.301. The minimum Gasteiger partial charge on any atom is -0.479 e. The molecule has 1 aliphatic rings. The van der Waals surface area contributed by atoms with Crippen molar-refractivity contribution in [2.24, 2.45) is 0 Å². The van der Waals surface area contributed by atoms with Crippen LogP contribution in [0.1, 0.15) is 316 Å². The third kappa shape index (κ3) is 42.1. The smallest absolute Gasteiger partial charge is 0.335 e. The van der Waals surface area contributed by atoms with Gasteiger partial charge in [0.2, 0.25) is 0 Å². The highest BCUT2D eigenvalue weighted by atomic mass is 16.7. The molecule has 75 heavy (non-hydrogen) atoms. The van der Waals surface area contributed by atoms with Crippen LogP contribution >= 0.6 is 0 Å². The molecule has 1 fully saturated rings. The van der Waals surface area contributed by atoms with Crippen LogP contribution in [0, 0.1) is 0 Å². The van der Waals surface area contributed by atoms with Crippen LogP contribution < -0.4 is 0 Å². The van der Waals surface area contributed by atoms with Crippen molar-refractivity contribution in [1.82, 2.24) is 0 Å². The Kier molecular flexibility index (Phi) is 49.0. The molecule has 0 aromatic heterocycles. The summed E-state index contributed by atoms with van der Waals surface area (Å²) < 4.78 is 28.5. The van der Waals surface area contributed by atoms with Crippen molar-refractivity contribution in [2.45, 2.75) is 353 Å². The second-order valence-corrected chi connectivity index (χ2v) is 22.1. The highest BCUT2D eigenvalue weighted by molar-refractivity contribution is 5.74. The molecule has 12 nitrogen and oxygen atoms in total. The van der Waals surface area contributed by atoms with Crippen LogP contribution in [-0.2, 0) is 42.9 Å². The largest absolute Gasteiger partial charge is 0.479 e. The Bertz CT molecular complexity index is 1360. The van der Waals surface area contributed by atoms with Gasteiger partial charge in [-0.3, -0.25) is 14.4 Å². The van der Waals surface area contributed by atoms with Crippen molar-refractivity contribution in [1.29, 1.82) is 0 Å². The number of hydrogen-bond donors (Lipinski definition) is 3. The van der Waals surface area contributed by atoms with Gasteiger partial charge in [-0.25, -0.2) is 4.79 Å². The molecule has 1 saturated heterocycles. The SMILES string of the molecule is CCCCCC/C=C\CCCCCCCC(=O)OC(COC(=O)CCCCCCCCCCCCCCCCC)COC1OC(C(=O)O)C(O)C(O)C1OC(=O)CCCCCCCCCCCCCCCCCCC. The fourth-order valence-electron chi connectivity index (χ4n) is 9.95. The number of aliphatic hydroxyl groups is 2. The predicted octanol–water partition coefficient (Wildman–Crippen LogP) is 16.5. The van der Waals surface area contributed by atoms with Gasteiger partial charge in [0.1, 0.15) is 18.8 Å². The van der Waals surface area contributed by atoms with Crippen molar-refractivity contribution >= 4 is 23.9 Å². The number of aliphatic carboxylic acids is 1. The number of carbonyl (C=O) groups is 4. The molecule has 0 spiro atoms. The summed E-state index contributed by atoms with van der Waals surface area (Å²) in [6.45, 7) is 6.02. The van der Waals surface area contributed by atoms with Crippen molar-refractivity contribution < 1.29 is 58.2 Å². The molecular weight excluding hydrogens is 949 g/mol. The number of esters is 3. The van der Waals surface area contributed by atoms with E-state index in [0.29, 0.717) is 19.3 Å². The van der Waals surface area contributed by atoms with E-state index in [2.05, 4.69) is 32.9 Å². The molecule has 6 atom stereocenters. The lowest BCUT2D eigenvalue weighted by Gasteiger charge is -2.40. The van der Waals surface area contributed by atoms with Crippen LogP contribution in [0.3, 0.4) is 0 Å². The highest BCUT2D eigenvalue weighted by Gasteiger charge is 2.50. The van der Waals surface area contributed by atoms with E-state index < -0.39 is 67.3 Å². The van der Waals surface area contributed by atoms with Gasteiger partial charge in [-0.15, -0.1) is 0 Å². The molecule has 0 amide bonds. The minimum atomic E-state index is -1.90. The zero-order valence-corrected chi connectivity index (χ0v) is 48.6. The van der Waals surface area contributed by atoms with Crippen LogP contribution in [0.25, 0.3) is 0 Å². The van der Waals surface area contributed by atoms with Gasteiger partial charge in [-0.2, -0.15) is 0 Å². The van der Waals surface area contributed by atoms with Gasteiger partial charge >= 0.3 is 23.9 Å². The molecule has 0 aromatic carbocycles. The molecule has 440 valence electrons. The van der Waals surface area contributed by atoms with E-state index in [1.54, 1.807) is 0 Å². The zero-order valence-electron chi connectivity index (χ0n) is 48.6. The topological polar surface area (TPSA) is 175 Å². The summed E-state index contributed by atoms with van der Waals surface area (Å²) in [5.41, 5.74) is 0. The average molecular weight is 1070 g/mol. The molecule has 0 saturated carbocycles. The first kappa shape index (κ1) is 70.5. The summed E-state index contributed by atoms with van der Waals surface area (Å²) in [5, 5.41) is 31.5. The molecule has 1 aliphatic heterocycles. The molecule has 6 unspecified atom stereocenters. The number of carbonyl (C=O) groups excluding carboxylic acids is 3. The summed E-state index contributed by atoms with van der Waals surface area (Å²) >= 11 is 0. The van der Waals surface area contributed by atoms with E-state index >= 15 is 0 Å². The number of hydrogen-bond acceptors (Lipinski definition) is 11. The van der Waals surface area contributed by atoms with Crippen molar-refractivity contribution in [3.63, 3.8) is 0 Å². The molecule has 0 aromatic rings. The lowest BCUT2D eigenvalue weighted by Crippen LogP contribution is -2.61. The minimum absolute atomic E-state index is 0.0682. The Morgan fingerprint density at radius 1 is 0.427 bits per heavy atom. The van der Waals surface area contributed by atoms with E-state index in [-0.39, 0.29) is 25.9 Å². The fourth-order valence-corrected chi connectivity index (χ4v) is 9.95. The Hall–Kier alpha value is -2.54. The normalized spacial score (nSPS) is 18.1. The first-order valence-electron chi connectivity index (χ1n) is 31.7. The first-order chi connectivity index (χ1) is 36.6. The predicted molar refractivity (Wildman–Crippen MR) is 304 cm³/mol. The maximum atomic E-state index is 13.1. The van der Waals surface area contributed by atoms with Gasteiger partial charge in [-0.1, -0.05) is 264 Å².